The molecule has 0 radical (unpaired) electrons. The van der Waals surface area contributed by atoms with Gasteiger partial charge < -0.3 is 45.1 Å². The molecule has 79 heavy (non-hydrogen) atoms. The van der Waals surface area contributed by atoms with Crippen LogP contribution in [0.25, 0.3) is 0 Å². The second-order valence-electron chi connectivity index (χ2n) is 23.2. The summed E-state index contributed by atoms with van der Waals surface area (Å²) in [5.41, 5.74) is 0. The van der Waals surface area contributed by atoms with Gasteiger partial charge in [-0.3, -0.25) is 9.59 Å². The first kappa shape index (κ1) is 74.6. The number of unbranched alkanes of at least 4 members (excludes halogenated alkanes) is 38. The Morgan fingerprint density at radius 3 is 1.33 bits per heavy atom. The van der Waals surface area contributed by atoms with E-state index in [1.54, 1.807) is 6.08 Å². The van der Waals surface area contributed by atoms with Crippen LogP contribution in [0.4, 0.5) is 0 Å². The minimum atomic E-state index is -1.57. The fraction of sp³-hybridized carbons (Fsp3) is 0.853. The zero-order valence-corrected chi connectivity index (χ0v) is 51.1. The summed E-state index contributed by atoms with van der Waals surface area (Å²) < 4.78 is 16.7. The van der Waals surface area contributed by atoms with Crippen molar-refractivity contribution in [1.29, 1.82) is 0 Å². The van der Waals surface area contributed by atoms with Crippen molar-refractivity contribution in [3.8, 4) is 0 Å². The molecule has 7 atom stereocenters. The number of rotatable bonds is 58. The molecule has 11 nitrogen and oxygen atoms in total. The number of hydrogen-bond acceptors (Lipinski definition) is 10. The minimum Gasteiger partial charge on any atom is -0.466 e. The molecule has 0 aromatic heterocycles. The van der Waals surface area contributed by atoms with Gasteiger partial charge in [-0.2, -0.15) is 0 Å². The fourth-order valence-electron chi connectivity index (χ4n) is 10.3. The summed E-state index contributed by atoms with van der Waals surface area (Å²) >= 11 is 0. The zero-order valence-electron chi connectivity index (χ0n) is 51.1. The third-order valence-electron chi connectivity index (χ3n) is 15.7. The molecule has 1 aliphatic heterocycles. The Kier molecular flexibility index (Phi) is 54.3. The normalized spacial score (nSPS) is 18.7. The highest BCUT2D eigenvalue weighted by atomic mass is 16.7. The number of carbonyl (C=O) groups is 2. The van der Waals surface area contributed by atoms with Crippen molar-refractivity contribution in [1.82, 2.24) is 5.32 Å². The molecular weight excluding hydrogens is 991 g/mol. The van der Waals surface area contributed by atoms with Gasteiger partial charge in [-0.05, 0) is 83.5 Å². The van der Waals surface area contributed by atoms with Crippen LogP contribution in [-0.4, -0.2) is 100 Å². The van der Waals surface area contributed by atoms with Crippen LogP contribution in [-0.2, 0) is 23.8 Å². The highest BCUT2D eigenvalue weighted by Gasteiger charge is 2.44. The summed E-state index contributed by atoms with van der Waals surface area (Å²) in [5, 5.41) is 54.4. The maximum atomic E-state index is 13.0. The van der Waals surface area contributed by atoms with Gasteiger partial charge >= 0.3 is 5.97 Å². The molecule has 1 heterocycles. The van der Waals surface area contributed by atoms with Gasteiger partial charge in [0, 0.05) is 12.8 Å². The monoisotopic (exact) mass is 1120 g/mol. The van der Waals surface area contributed by atoms with Gasteiger partial charge in [-0.1, -0.05) is 262 Å². The van der Waals surface area contributed by atoms with Crippen molar-refractivity contribution in [2.75, 3.05) is 19.8 Å². The molecule has 0 aromatic rings. The van der Waals surface area contributed by atoms with Crippen LogP contribution in [0, 0.1) is 0 Å². The van der Waals surface area contributed by atoms with E-state index in [4.69, 9.17) is 14.2 Å². The molecular formula is C68H125NO10. The van der Waals surface area contributed by atoms with Gasteiger partial charge in [0.25, 0.3) is 0 Å². The number of esters is 1. The summed E-state index contributed by atoms with van der Waals surface area (Å²) in [7, 11) is 0. The van der Waals surface area contributed by atoms with E-state index >= 15 is 0 Å². The Hall–Kier alpha value is -2.38. The lowest BCUT2D eigenvalue weighted by Crippen LogP contribution is -2.60. The fourth-order valence-corrected chi connectivity index (χ4v) is 10.3. The highest BCUT2D eigenvalue weighted by Crippen LogP contribution is 2.23. The van der Waals surface area contributed by atoms with E-state index in [1.165, 1.54) is 218 Å². The maximum absolute atomic E-state index is 13.0. The first-order valence-electron chi connectivity index (χ1n) is 33.4. The van der Waals surface area contributed by atoms with E-state index in [-0.39, 0.29) is 18.5 Å². The molecule has 1 fully saturated rings. The summed E-state index contributed by atoms with van der Waals surface area (Å²) in [4.78, 5) is 25.0. The summed E-state index contributed by atoms with van der Waals surface area (Å²) in [6, 6.07) is -0.810. The third-order valence-corrected chi connectivity index (χ3v) is 15.7. The Morgan fingerprint density at radius 2 is 0.861 bits per heavy atom. The van der Waals surface area contributed by atoms with Gasteiger partial charge in [0.1, 0.15) is 24.4 Å². The predicted octanol–water partition coefficient (Wildman–Crippen LogP) is 16.4. The number of amides is 1. The SMILES string of the molecule is CCCC/C=C\CCCCCCCC(=O)OCCCCCCCCCCC/C=C\C/C=C\CCCCCCCCCCCCCCCC(=O)NC(COC1OC(CO)C(O)C(O)C1O)C(O)/C=C/CCCCCCCCCCC. The van der Waals surface area contributed by atoms with Gasteiger partial charge in [0.05, 0.1) is 32.0 Å². The number of nitrogens with one attached hydrogen (secondary N) is 1. The molecule has 462 valence electrons. The molecule has 0 spiro atoms. The van der Waals surface area contributed by atoms with E-state index in [2.05, 4.69) is 55.6 Å². The molecule has 0 aromatic carbocycles. The standard InChI is InChI=1S/C68H125NO10/c1-3-5-7-9-11-13-34-38-42-46-50-54-61(71)60(59-78-68-67(76)66(75)65(74)62(58-70)79-68)69-63(72)55-51-47-43-39-36-32-30-28-26-24-22-20-18-16-15-17-19-21-23-25-27-29-31-33-37-41-45-49-53-57-77-64(73)56-52-48-44-40-35-14-12-10-8-6-4-2/h10,12,15,17,21,23,50,54,60-62,65-68,70-71,74-76H,3-9,11,13-14,16,18-20,22,24-49,51-53,55-59H2,1-2H3,(H,69,72)/b12-10-,17-15-,23-21-,54-50+. The predicted molar refractivity (Wildman–Crippen MR) is 329 cm³/mol. The van der Waals surface area contributed by atoms with Crippen molar-refractivity contribution in [2.24, 2.45) is 0 Å². The minimum absolute atomic E-state index is 0.00810. The lowest BCUT2D eigenvalue weighted by atomic mass is 9.99. The summed E-state index contributed by atoms with van der Waals surface area (Å²) in [6.45, 7) is 4.30. The second-order valence-corrected chi connectivity index (χ2v) is 23.2. The first-order valence-corrected chi connectivity index (χ1v) is 33.4. The molecule has 6 N–H and O–H groups in total. The van der Waals surface area contributed by atoms with E-state index in [1.807, 2.05) is 6.08 Å². The van der Waals surface area contributed by atoms with E-state index in [0.717, 1.165) is 64.2 Å². The van der Waals surface area contributed by atoms with Crippen LogP contribution in [0.3, 0.4) is 0 Å². The number of ether oxygens (including phenoxy) is 3. The maximum Gasteiger partial charge on any atom is 0.305 e. The molecule has 1 aliphatic rings. The molecule has 0 aliphatic carbocycles. The Morgan fingerprint density at radius 1 is 0.468 bits per heavy atom. The number of carbonyl (C=O) groups excluding carboxylic acids is 2. The molecule has 0 saturated carbocycles. The molecule has 1 rings (SSSR count). The van der Waals surface area contributed by atoms with Crippen molar-refractivity contribution < 1.29 is 49.3 Å². The number of aliphatic hydroxyl groups excluding tert-OH is 5. The molecule has 0 bridgehead atoms. The summed E-state index contributed by atoms with van der Waals surface area (Å²) in [6.07, 6.45) is 63.8. The van der Waals surface area contributed by atoms with Gasteiger partial charge in [-0.25, -0.2) is 0 Å². The Labute approximate surface area is 485 Å². The van der Waals surface area contributed by atoms with Crippen LogP contribution in [0.2, 0.25) is 0 Å². The van der Waals surface area contributed by atoms with Crippen LogP contribution < -0.4 is 5.32 Å². The van der Waals surface area contributed by atoms with E-state index in [0.29, 0.717) is 19.4 Å². The average Bonchev–Trinajstić information content (AvgIpc) is 3.46. The van der Waals surface area contributed by atoms with Gasteiger partial charge in [0.15, 0.2) is 6.29 Å². The van der Waals surface area contributed by atoms with Crippen molar-refractivity contribution in [2.45, 2.75) is 352 Å². The first-order chi connectivity index (χ1) is 38.7. The zero-order chi connectivity index (χ0) is 57.3. The lowest BCUT2D eigenvalue weighted by Gasteiger charge is -2.40. The van der Waals surface area contributed by atoms with Crippen molar-refractivity contribution in [3.05, 3.63) is 48.6 Å². The van der Waals surface area contributed by atoms with E-state index < -0.39 is 49.5 Å². The van der Waals surface area contributed by atoms with Gasteiger partial charge in [0.2, 0.25) is 5.91 Å². The van der Waals surface area contributed by atoms with Gasteiger partial charge in [-0.15, -0.1) is 0 Å². The number of allylic oxidation sites excluding steroid dienone is 7. The largest absolute Gasteiger partial charge is 0.466 e. The van der Waals surface area contributed by atoms with Crippen LogP contribution in [0.1, 0.15) is 309 Å². The van der Waals surface area contributed by atoms with Crippen LogP contribution in [0.15, 0.2) is 48.6 Å². The highest BCUT2D eigenvalue weighted by molar-refractivity contribution is 5.76. The Bertz CT molecular complexity index is 1450. The molecule has 1 amide bonds. The van der Waals surface area contributed by atoms with Crippen molar-refractivity contribution in [3.63, 3.8) is 0 Å². The molecule has 1 saturated heterocycles. The smallest absolute Gasteiger partial charge is 0.305 e. The molecule has 7 unspecified atom stereocenters. The average molecular weight is 1120 g/mol. The number of aliphatic hydroxyl groups is 5. The third kappa shape index (κ3) is 46.8. The topological polar surface area (TPSA) is 175 Å². The van der Waals surface area contributed by atoms with Crippen molar-refractivity contribution >= 4 is 11.9 Å². The quantitative estimate of drug-likeness (QED) is 0.0195. The van der Waals surface area contributed by atoms with E-state index in [9.17, 15) is 35.1 Å². The second kappa shape index (κ2) is 57.4. The lowest BCUT2D eigenvalue weighted by molar-refractivity contribution is -0.302. The van der Waals surface area contributed by atoms with Crippen LogP contribution >= 0.6 is 0 Å². The Balaban J connectivity index is 1.99. The molecule has 11 heteroatoms. The summed E-state index contributed by atoms with van der Waals surface area (Å²) in [5.74, 6) is -0.191. The number of hydrogen-bond donors (Lipinski definition) is 6. The van der Waals surface area contributed by atoms with Crippen LogP contribution in [0.5, 0.6) is 0 Å².